The molecule has 1 aromatic heterocycles. The van der Waals surface area contributed by atoms with Crippen molar-refractivity contribution >= 4 is 28.6 Å². The van der Waals surface area contributed by atoms with E-state index in [2.05, 4.69) is 33.0 Å². The van der Waals surface area contributed by atoms with Crippen molar-refractivity contribution in [3.05, 3.63) is 36.3 Å². The minimum Gasteiger partial charge on any atom is -0.367 e. The second-order valence-electron chi connectivity index (χ2n) is 2.80. The van der Waals surface area contributed by atoms with Crippen molar-refractivity contribution in [3.63, 3.8) is 0 Å². The molecule has 0 aliphatic rings. The number of fused-ring (bicyclic) bond motifs is 1. The van der Waals surface area contributed by atoms with E-state index < -0.39 is 0 Å². The third-order valence-electron chi connectivity index (χ3n) is 1.86. The predicted molar refractivity (Wildman–Crippen MR) is 59.0 cm³/mol. The van der Waals surface area contributed by atoms with Crippen LogP contribution in [0.25, 0.3) is 10.9 Å². The zero-order valence-electron chi connectivity index (χ0n) is 7.40. The fourth-order valence-corrected chi connectivity index (χ4v) is 1.28. The Balaban J connectivity index is 2.36. The second kappa shape index (κ2) is 4.11. The molecule has 0 saturated heterocycles. The Bertz CT molecular complexity index is 456. The third kappa shape index (κ3) is 1.85. The van der Waals surface area contributed by atoms with Crippen LogP contribution in [0.2, 0.25) is 0 Å². The highest BCUT2D eigenvalue weighted by Crippen LogP contribution is 2.08. The summed E-state index contributed by atoms with van der Waals surface area (Å²) in [5.74, 6) is 0.723. The molecule has 0 aliphatic carbocycles. The number of thiocarbonyl (C=S) groups is 1. The second-order valence-corrected chi connectivity index (χ2v) is 3.00. The minimum atomic E-state index is 0.522. The average molecular weight is 202 g/mol. The normalized spacial score (nSPS) is 10.0. The number of nitrogens with one attached hydrogen (secondary N) is 1. The van der Waals surface area contributed by atoms with Gasteiger partial charge in [0.2, 0.25) is 0 Å². The number of nitrogens with zero attached hydrogens (tertiary/aromatic N) is 2. The van der Waals surface area contributed by atoms with Crippen molar-refractivity contribution in [3.8, 4) is 0 Å². The molecule has 2 aromatic rings. The number of para-hydroxylation sites is 1. The number of rotatable bonds is 3. The zero-order valence-corrected chi connectivity index (χ0v) is 8.21. The summed E-state index contributed by atoms with van der Waals surface area (Å²) in [7, 11) is 0. The van der Waals surface area contributed by atoms with Crippen molar-refractivity contribution < 1.29 is 0 Å². The lowest BCUT2D eigenvalue weighted by molar-refractivity contribution is 0.852. The van der Waals surface area contributed by atoms with Crippen LogP contribution < -0.4 is 5.32 Å². The average Bonchev–Trinajstić information content (AvgIpc) is 2.26. The van der Waals surface area contributed by atoms with Gasteiger partial charge in [-0.2, -0.15) is 0 Å². The Morgan fingerprint density at radius 3 is 3.07 bits per heavy atom. The van der Waals surface area contributed by atoms with E-state index in [0.29, 0.717) is 6.54 Å². The maximum atomic E-state index is 4.53. The highest BCUT2D eigenvalue weighted by Gasteiger charge is 1.97. The molecular weight excluding hydrogens is 194 g/mol. The lowest BCUT2D eigenvalue weighted by atomic mass is 10.2. The number of hydrogen-bond acceptors (Lipinski definition) is 3. The van der Waals surface area contributed by atoms with Crippen LogP contribution in [0.1, 0.15) is 5.82 Å². The maximum absolute atomic E-state index is 4.53. The Labute approximate surface area is 87.2 Å². The van der Waals surface area contributed by atoms with E-state index in [1.54, 1.807) is 0 Å². The van der Waals surface area contributed by atoms with E-state index >= 15 is 0 Å². The van der Waals surface area contributed by atoms with Gasteiger partial charge in [0.1, 0.15) is 11.3 Å². The largest absolute Gasteiger partial charge is 0.367 e. The van der Waals surface area contributed by atoms with Crippen molar-refractivity contribution in [2.75, 3.05) is 0 Å². The summed E-state index contributed by atoms with van der Waals surface area (Å²) in [4.78, 5) is 8.54. The highest BCUT2D eigenvalue weighted by molar-refractivity contribution is 7.78. The van der Waals surface area contributed by atoms with Crippen LogP contribution in [0.5, 0.6) is 0 Å². The van der Waals surface area contributed by atoms with Crippen LogP contribution in [0.15, 0.2) is 30.5 Å². The first-order valence-electron chi connectivity index (χ1n) is 4.21. The van der Waals surface area contributed by atoms with Crippen LogP contribution in [-0.2, 0) is 6.54 Å². The molecule has 0 amide bonds. The molecule has 0 aliphatic heterocycles. The van der Waals surface area contributed by atoms with Crippen LogP contribution in [0.4, 0.5) is 0 Å². The molecule has 0 atom stereocenters. The Kier molecular flexibility index (Phi) is 2.65. The Morgan fingerprint density at radius 1 is 1.36 bits per heavy atom. The minimum absolute atomic E-state index is 0.522. The maximum Gasteiger partial charge on any atom is 0.148 e. The summed E-state index contributed by atoms with van der Waals surface area (Å²) in [5, 5.41) is 3.81. The van der Waals surface area contributed by atoms with Gasteiger partial charge >= 0.3 is 0 Å². The number of aromatic nitrogens is 2. The van der Waals surface area contributed by atoms with Crippen molar-refractivity contribution in [2.45, 2.75) is 6.54 Å². The molecule has 2 rings (SSSR count). The van der Waals surface area contributed by atoms with E-state index in [1.165, 1.54) is 0 Å². The fraction of sp³-hybridized carbons (Fsp3) is 0.100. The molecule has 1 aromatic carbocycles. The Hall–Kier alpha value is -1.55. The first-order valence-corrected chi connectivity index (χ1v) is 4.61. The first-order chi connectivity index (χ1) is 6.90. The topological polar surface area (TPSA) is 37.8 Å². The standard InChI is InChI=1S/C10H8N3S/c14-7-11-6-10-12-5-8-3-1-2-4-9(8)13-10/h1-5H,6H2,(H,11,14). The van der Waals surface area contributed by atoms with E-state index in [-0.39, 0.29) is 0 Å². The fourth-order valence-electron chi connectivity index (χ4n) is 1.21. The van der Waals surface area contributed by atoms with E-state index in [9.17, 15) is 0 Å². The molecule has 0 saturated carbocycles. The summed E-state index contributed by atoms with van der Waals surface area (Å²) >= 11 is 4.53. The molecule has 3 nitrogen and oxygen atoms in total. The predicted octanol–water partition coefficient (Wildman–Crippen LogP) is 1.55. The van der Waals surface area contributed by atoms with Gasteiger partial charge < -0.3 is 5.32 Å². The number of benzene rings is 1. The summed E-state index contributed by atoms with van der Waals surface area (Å²) in [6, 6.07) is 7.87. The van der Waals surface area contributed by atoms with E-state index in [0.717, 1.165) is 16.7 Å². The van der Waals surface area contributed by atoms with E-state index in [1.807, 2.05) is 30.5 Å². The lowest BCUT2D eigenvalue weighted by Gasteiger charge is -2.00. The molecule has 0 bridgehead atoms. The van der Waals surface area contributed by atoms with E-state index in [4.69, 9.17) is 0 Å². The van der Waals surface area contributed by atoms with Gasteiger partial charge in [-0.3, -0.25) is 0 Å². The smallest absolute Gasteiger partial charge is 0.148 e. The number of hydrogen-bond donors (Lipinski definition) is 1. The van der Waals surface area contributed by atoms with Crippen LogP contribution in [-0.4, -0.2) is 15.5 Å². The van der Waals surface area contributed by atoms with Gasteiger partial charge in [-0.05, 0) is 6.07 Å². The van der Waals surface area contributed by atoms with Gasteiger partial charge in [0.05, 0.1) is 12.1 Å². The van der Waals surface area contributed by atoms with Crippen molar-refractivity contribution in [2.24, 2.45) is 0 Å². The van der Waals surface area contributed by atoms with Gasteiger partial charge in [-0.15, -0.1) is 0 Å². The van der Waals surface area contributed by atoms with Gasteiger partial charge in [0.25, 0.3) is 0 Å². The summed E-state index contributed by atoms with van der Waals surface area (Å²) in [6.07, 6.45) is 1.81. The summed E-state index contributed by atoms with van der Waals surface area (Å²) in [5.41, 5.74) is 3.37. The van der Waals surface area contributed by atoms with Crippen LogP contribution in [0, 0.1) is 0 Å². The van der Waals surface area contributed by atoms with Crippen LogP contribution in [0.3, 0.4) is 0 Å². The zero-order chi connectivity index (χ0) is 9.80. The van der Waals surface area contributed by atoms with Crippen molar-refractivity contribution in [1.82, 2.24) is 15.3 Å². The van der Waals surface area contributed by atoms with Gasteiger partial charge in [0, 0.05) is 11.6 Å². The van der Waals surface area contributed by atoms with Gasteiger partial charge in [0.15, 0.2) is 0 Å². The third-order valence-corrected chi connectivity index (χ3v) is 2.00. The lowest BCUT2D eigenvalue weighted by Crippen LogP contribution is -2.11. The highest BCUT2D eigenvalue weighted by atomic mass is 32.1. The molecule has 1 N–H and O–H groups in total. The monoisotopic (exact) mass is 202 g/mol. The SMILES string of the molecule is S=[C]NCc1ncc2ccccc2n1. The molecule has 14 heavy (non-hydrogen) atoms. The summed E-state index contributed by atoms with van der Waals surface area (Å²) < 4.78 is 0. The summed E-state index contributed by atoms with van der Waals surface area (Å²) in [6.45, 7) is 0.522. The van der Waals surface area contributed by atoms with Gasteiger partial charge in [-0.1, -0.05) is 30.4 Å². The molecular formula is C10H8N3S. The molecule has 1 radical (unpaired) electrons. The molecule has 0 fully saturated rings. The quantitative estimate of drug-likeness (QED) is 0.605. The van der Waals surface area contributed by atoms with Gasteiger partial charge in [-0.25, -0.2) is 9.97 Å². The molecule has 0 unspecified atom stereocenters. The van der Waals surface area contributed by atoms with Crippen molar-refractivity contribution in [1.29, 1.82) is 0 Å². The van der Waals surface area contributed by atoms with Crippen LogP contribution >= 0.6 is 12.2 Å². The molecule has 4 heteroatoms. The molecule has 1 heterocycles. The Morgan fingerprint density at radius 2 is 2.21 bits per heavy atom. The molecule has 0 spiro atoms. The molecule has 69 valence electrons. The first kappa shape index (κ1) is 9.02.